The summed E-state index contributed by atoms with van der Waals surface area (Å²) in [4.78, 5) is 5.37. The van der Waals surface area contributed by atoms with Crippen molar-refractivity contribution in [2.75, 3.05) is 12.8 Å². The van der Waals surface area contributed by atoms with Gasteiger partial charge in [-0.3, -0.25) is 0 Å². The van der Waals surface area contributed by atoms with Gasteiger partial charge in [-0.05, 0) is 14.0 Å². The third-order valence-corrected chi connectivity index (χ3v) is 4.99. The molecule has 1 aromatic rings. The van der Waals surface area contributed by atoms with Gasteiger partial charge in [-0.25, -0.2) is 13.4 Å². The first-order chi connectivity index (χ1) is 6.98. The van der Waals surface area contributed by atoms with Crippen LogP contribution in [0.15, 0.2) is 0 Å². The quantitative estimate of drug-likeness (QED) is 0.848. The summed E-state index contributed by atoms with van der Waals surface area (Å²) in [6.45, 7) is 4.31. The average molecular weight is 248 g/mol. The molecule has 0 spiro atoms. The molecule has 1 rings (SSSR count). The van der Waals surface area contributed by atoms with Gasteiger partial charge in [0.05, 0.1) is 5.69 Å². The predicted molar refractivity (Wildman–Crippen MR) is 62.8 cm³/mol. The summed E-state index contributed by atoms with van der Waals surface area (Å²) in [6, 6.07) is 0. The first-order valence-electron chi connectivity index (χ1n) is 4.78. The predicted octanol–water partition coefficient (Wildman–Crippen LogP) is 1.11. The van der Waals surface area contributed by atoms with Crippen LogP contribution < -0.4 is 5.32 Å². The molecular formula is C9H16N2O2S2. The van der Waals surface area contributed by atoms with Crippen molar-refractivity contribution < 1.29 is 8.42 Å². The highest BCUT2D eigenvalue weighted by Crippen LogP contribution is 2.19. The van der Waals surface area contributed by atoms with Crippen LogP contribution in [0.2, 0.25) is 0 Å². The molecular weight excluding hydrogens is 232 g/mol. The molecule has 15 heavy (non-hydrogen) atoms. The van der Waals surface area contributed by atoms with Crippen LogP contribution in [0.3, 0.4) is 0 Å². The number of hydrogen-bond donors (Lipinski definition) is 1. The molecule has 86 valence electrons. The van der Waals surface area contributed by atoms with Gasteiger partial charge in [0, 0.05) is 17.2 Å². The Morgan fingerprint density at radius 2 is 2.13 bits per heavy atom. The summed E-state index contributed by atoms with van der Waals surface area (Å²) in [7, 11) is -1.10. The van der Waals surface area contributed by atoms with Crippen LogP contribution in [0, 0.1) is 6.92 Å². The van der Waals surface area contributed by atoms with Gasteiger partial charge in [-0.2, -0.15) is 0 Å². The molecule has 0 aliphatic heterocycles. The number of aryl methyl sites for hydroxylation is 1. The highest BCUT2D eigenvalue weighted by molar-refractivity contribution is 7.90. The molecule has 0 amide bonds. The largest absolute Gasteiger partial charge is 0.315 e. The van der Waals surface area contributed by atoms with Gasteiger partial charge in [-0.15, -0.1) is 11.3 Å². The van der Waals surface area contributed by atoms with Gasteiger partial charge in [0.1, 0.15) is 10.8 Å². The second-order valence-electron chi connectivity index (χ2n) is 3.32. The molecule has 0 atom stereocenters. The second-order valence-corrected chi connectivity index (χ2v) is 6.84. The lowest BCUT2D eigenvalue weighted by Gasteiger charge is -1.95. The maximum atomic E-state index is 11.4. The summed E-state index contributed by atoms with van der Waals surface area (Å²) in [5.41, 5.74) is 0.927. The van der Waals surface area contributed by atoms with Crippen LogP contribution in [0.25, 0.3) is 0 Å². The number of nitrogens with one attached hydrogen (secondary N) is 1. The topological polar surface area (TPSA) is 59.1 Å². The molecule has 6 heteroatoms. The zero-order valence-electron chi connectivity index (χ0n) is 9.20. The first kappa shape index (κ1) is 12.6. The SMILES string of the molecule is CCS(=O)(=O)Cc1nc(C)c(CNC)s1. The Balaban J connectivity index is 2.84. The van der Waals surface area contributed by atoms with Crippen LogP contribution in [0.5, 0.6) is 0 Å². The van der Waals surface area contributed by atoms with Crippen molar-refractivity contribution in [2.24, 2.45) is 0 Å². The zero-order chi connectivity index (χ0) is 11.5. The van der Waals surface area contributed by atoms with Crippen LogP contribution in [0.4, 0.5) is 0 Å². The van der Waals surface area contributed by atoms with Gasteiger partial charge < -0.3 is 5.32 Å². The third-order valence-electron chi connectivity index (χ3n) is 2.06. The van der Waals surface area contributed by atoms with E-state index in [-0.39, 0.29) is 11.5 Å². The highest BCUT2D eigenvalue weighted by Gasteiger charge is 2.14. The number of thiazole rings is 1. The summed E-state index contributed by atoms with van der Waals surface area (Å²) in [6.07, 6.45) is 0. The van der Waals surface area contributed by atoms with E-state index in [1.165, 1.54) is 11.3 Å². The smallest absolute Gasteiger partial charge is 0.156 e. The fourth-order valence-corrected chi connectivity index (χ4v) is 3.46. The molecule has 0 aromatic carbocycles. The van der Waals surface area contributed by atoms with Gasteiger partial charge in [-0.1, -0.05) is 6.92 Å². The number of aromatic nitrogens is 1. The van der Waals surface area contributed by atoms with E-state index in [0.717, 1.165) is 17.1 Å². The maximum absolute atomic E-state index is 11.4. The van der Waals surface area contributed by atoms with E-state index >= 15 is 0 Å². The van der Waals surface area contributed by atoms with Crippen molar-refractivity contribution in [3.05, 3.63) is 15.6 Å². The van der Waals surface area contributed by atoms with E-state index in [1.807, 2.05) is 14.0 Å². The summed E-state index contributed by atoms with van der Waals surface area (Å²) >= 11 is 1.47. The van der Waals surface area contributed by atoms with Crippen LogP contribution in [-0.2, 0) is 22.1 Å². The summed E-state index contributed by atoms with van der Waals surface area (Å²) in [5.74, 6) is 0.242. The Hall–Kier alpha value is -0.460. The zero-order valence-corrected chi connectivity index (χ0v) is 10.8. The molecule has 1 aromatic heterocycles. The molecule has 4 nitrogen and oxygen atoms in total. The van der Waals surface area contributed by atoms with Crippen molar-refractivity contribution in [2.45, 2.75) is 26.1 Å². The molecule has 1 N–H and O–H groups in total. The van der Waals surface area contributed by atoms with E-state index < -0.39 is 9.84 Å². The third kappa shape index (κ3) is 3.55. The molecule has 0 bridgehead atoms. The van der Waals surface area contributed by atoms with E-state index in [4.69, 9.17) is 0 Å². The summed E-state index contributed by atoms with van der Waals surface area (Å²) in [5, 5.41) is 3.73. The lowest BCUT2D eigenvalue weighted by molar-refractivity contribution is 0.596. The number of hydrogen-bond acceptors (Lipinski definition) is 5. The Morgan fingerprint density at radius 1 is 1.47 bits per heavy atom. The Bertz CT molecular complexity index is 423. The average Bonchev–Trinajstić information content (AvgIpc) is 2.47. The normalized spacial score (nSPS) is 11.9. The van der Waals surface area contributed by atoms with Gasteiger partial charge in [0.15, 0.2) is 9.84 Å². The fraction of sp³-hybridized carbons (Fsp3) is 0.667. The second kappa shape index (κ2) is 5.05. The first-order valence-corrected chi connectivity index (χ1v) is 7.42. The minimum atomic E-state index is -2.96. The van der Waals surface area contributed by atoms with E-state index in [1.54, 1.807) is 6.92 Å². The minimum absolute atomic E-state index is 0.0682. The van der Waals surface area contributed by atoms with Crippen LogP contribution >= 0.6 is 11.3 Å². The molecule has 1 heterocycles. The Morgan fingerprint density at radius 3 is 2.67 bits per heavy atom. The minimum Gasteiger partial charge on any atom is -0.315 e. The van der Waals surface area contributed by atoms with Gasteiger partial charge in [0.2, 0.25) is 0 Å². The van der Waals surface area contributed by atoms with E-state index in [9.17, 15) is 8.42 Å². The Kier molecular flexibility index (Phi) is 4.24. The van der Waals surface area contributed by atoms with E-state index in [2.05, 4.69) is 10.3 Å². The molecule has 0 saturated heterocycles. The molecule has 0 aliphatic carbocycles. The van der Waals surface area contributed by atoms with E-state index in [0.29, 0.717) is 5.01 Å². The molecule has 0 unspecified atom stereocenters. The number of nitrogens with zero attached hydrogens (tertiary/aromatic N) is 1. The Labute approximate surface area is 94.7 Å². The fourth-order valence-electron chi connectivity index (χ4n) is 1.16. The number of sulfone groups is 1. The molecule has 0 fully saturated rings. The monoisotopic (exact) mass is 248 g/mol. The molecule has 0 radical (unpaired) electrons. The number of rotatable bonds is 5. The van der Waals surface area contributed by atoms with Crippen LogP contribution in [0.1, 0.15) is 22.5 Å². The van der Waals surface area contributed by atoms with Gasteiger partial charge >= 0.3 is 0 Å². The molecule has 0 saturated carbocycles. The van der Waals surface area contributed by atoms with Gasteiger partial charge in [0.25, 0.3) is 0 Å². The lowest BCUT2D eigenvalue weighted by Crippen LogP contribution is -2.06. The van der Waals surface area contributed by atoms with Crippen molar-refractivity contribution in [1.29, 1.82) is 0 Å². The maximum Gasteiger partial charge on any atom is 0.156 e. The van der Waals surface area contributed by atoms with Crippen molar-refractivity contribution >= 4 is 21.2 Å². The summed E-state index contributed by atoms with van der Waals surface area (Å²) < 4.78 is 22.8. The van der Waals surface area contributed by atoms with Crippen molar-refractivity contribution in [1.82, 2.24) is 10.3 Å². The van der Waals surface area contributed by atoms with Crippen molar-refractivity contribution in [3.8, 4) is 0 Å². The highest BCUT2D eigenvalue weighted by atomic mass is 32.2. The lowest BCUT2D eigenvalue weighted by atomic mass is 10.4. The van der Waals surface area contributed by atoms with Crippen molar-refractivity contribution in [3.63, 3.8) is 0 Å². The van der Waals surface area contributed by atoms with Crippen LogP contribution in [-0.4, -0.2) is 26.2 Å². The molecule has 0 aliphatic rings. The standard InChI is InChI=1S/C9H16N2O2S2/c1-4-15(12,13)6-9-11-7(2)8(14-9)5-10-3/h10H,4-6H2,1-3H3.